The summed E-state index contributed by atoms with van der Waals surface area (Å²) in [5.41, 5.74) is 2.68. The molecule has 1 N–H and O–H groups in total. The Morgan fingerprint density at radius 1 is 1.18 bits per heavy atom. The van der Waals surface area contributed by atoms with E-state index in [4.69, 9.17) is 19.6 Å². The van der Waals surface area contributed by atoms with Gasteiger partial charge in [0, 0.05) is 17.7 Å². The fourth-order valence-corrected chi connectivity index (χ4v) is 4.71. The molecule has 0 fully saturated rings. The molecular weight excluding hydrogens is 376 g/mol. The van der Waals surface area contributed by atoms with Crippen molar-refractivity contribution in [1.82, 2.24) is 14.8 Å². The smallest absolute Gasteiger partial charge is 0.231 e. The van der Waals surface area contributed by atoms with E-state index in [9.17, 15) is 4.79 Å². The maximum absolute atomic E-state index is 12.9. The van der Waals surface area contributed by atoms with Crippen molar-refractivity contribution in [3.8, 4) is 22.2 Å². The predicted molar refractivity (Wildman–Crippen MR) is 104 cm³/mol. The van der Waals surface area contributed by atoms with Crippen LogP contribution in [0.25, 0.3) is 10.7 Å². The van der Waals surface area contributed by atoms with Gasteiger partial charge in [0.25, 0.3) is 0 Å². The third-order valence-corrected chi connectivity index (χ3v) is 6.19. The monoisotopic (exact) mass is 392 g/mol. The molecule has 0 bridgehead atoms. The lowest BCUT2D eigenvalue weighted by Crippen LogP contribution is -2.31. The lowest BCUT2D eigenvalue weighted by molar-refractivity contribution is -0.116. The third kappa shape index (κ3) is 2.31. The summed E-state index contributed by atoms with van der Waals surface area (Å²) < 4.78 is 12.8. The summed E-state index contributed by atoms with van der Waals surface area (Å²) in [6.45, 7) is 0.217. The molecule has 1 atom stereocenters. The highest BCUT2D eigenvalue weighted by Crippen LogP contribution is 2.43. The van der Waals surface area contributed by atoms with Gasteiger partial charge in [-0.3, -0.25) is 4.79 Å². The number of fused-ring (bicyclic) bond motifs is 2. The van der Waals surface area contributed by atoms with E-state index in [0.29, 0.717) is 23.9 Å². The molecule has 0 spiro atoms. The molecule has 28 heavy (non-hydrogen) atoms. The van der Waals surface area contributed by atoms with Crippen molar-refractivity contribution in [2.45, 2.75) is 25.3 Å². The largest absolute Gasteiger partial charge is 0.454 e. The number of benzene rings is 1. The van der Waals surface area contributed by atoms with Crippen molar-refractivity contribution in [3.05, 3.63) is 52.5 Å². The van der Waals surface area contributed by atoms with Crippen LogP contribution in [0.2, 0.25) is 0 Å². The fraction of sp³-hybridized carbons (Fsp3) is 0.250. The Labute approximate surface area is 164 Å². The molecule has 6 rings (SSSR count). The first-order valence-corrected chi connectivity index (χ1v) is 10.1. The Balaban J connectivity index is 1.54. The van der Waals surface area contributed by atoms with Gasteiger partial charge in [-0.05, 0) is 42.0 Å². The van der Waals surface area contributed by atoms with E-state index in [2.05, 4.69) is 5.32 Å². The predicted octanol–water partition coefficient (Wildman–Crippen LogP) is 3.76. The molecular formula is C20H16N4O3S. The lowest BCUT2D eigenvalue weighted by atomic mass is 9.85. The molecule has 1 aliphatic carbocycles. The number of ketones is 1. The van der Waals surface area contributed by atoms with Gasteiger partial charge in [0.2, 0.25) is 12.7 Å². The van der Waals surface area contributed by atoms with Crippen LogP contribution in [-0.4, -0.2) is 27.3 Å². The van der Waals surface area contributed by atoms with Crippen LogP contribution in [0.15, 0.2) is 47.0 Å². The topological polar surface area (TPSA) is 78.3 Å². The Bertz CT molecular complexity index is 1130. The lowest BCUT2D eigenvalue weighted by Gasteiger charge is -2.32. The number of ether oxygens (including phenoxy) is 2. The zero-order valence-corrected chi connectivity index (χ0v) is 15.7. The average molecular weight is 392 g/mol. The maximum atomic E-state index is 12.9. The standard InChI is InChI=1S/C20H16N4O3S/c25-13-4-1-3-12-17(13)18(11-6-7-14-15(9-11)27-10-26-14)24-20(21-12)22-19(23-24)16-5-2-8-28-16/h2,5-9,18H,1,3-4,10H2,(H,21,22,23). The molecule has 0 saturated carbocycles. The summed E-state index contributed by atoms with van der Waals surface area (Å²) in [4.78, 5) is 18.6. The van der Waals surface area contributed by atoms with Crippen LogP contribution in [-0.2, 0) is 4.79 Å². The van der Waals surface area contributed by atoms with Gasteiger partial charge < -0.3 is 14.8 Å². The van der Waals surface area contributed by atoms with E-state index >= 15 is 0 Å². The maximum Gasteiger partial charge on any atom is 0.231 e. The molecule has 3 aliphatic rings. The van der Waals surface area contributed by atoms with Gasteiger partial charge in [0.15, 0.2) is 23.1 Å². The van der Waals surface area contributed by atoms with Crippen LogP contribution in [0.3, 0.4) is 0 Å². The van der Waals surface area contributed by atoms with E-state index < -0.39 is 0 Å². The van der Waals surface area contributed by atoms with Crippen LogP contribution in [0.1, 0.15) is 30.9 Å². The average Bonchev–Trinajstić information content (AvgIpc) is 3.45. The number of rotatable bonds is 2. The summed E-state index contributed by atoms with van der Waals surface area (Å²) in [5, 5.41) is 10.1. The van der Waals surface area contributed by atoms with Gasteiger partial charge in [-0.15, -0.1) is 16.4 Å². The summed E-state index contributed by atoms with van der Waals surface area (Å²) in [7, 11) is 0. The van der Waals surface area contributed by atoms with Crippen LogP contribution in [0.4, 0.5) is 5.95 Å². The first-order valence-electron chi connectivity index (χ1n) is 9.21. The van der Waals surface area contributed by atoms with E-state index in [1.165, 1.54) is 0 Å². The highest BCUT2D eigenvalue weighted by atomic mass is 32.1. The third-order valence-electron chi connectivity index (χ3n) is 5.32. The fourth-order valence-electron chi connectivity index (χ4n) is 4.06. The number of Topliss-reactive ketones (excluding diaryl/α,β-unsaturated/α-hetero) is 1. The Hall–Kier alpha value is -3.13. The van der Waals surface area contributed by atoms with Crippen LogP contribution in [0, 0.1) is 0 Å². The number of anilines is 1. The molecule has 2 aliphatic heterocycles. The number of hydrogen-bond acceptors (Lipinski definition) is 7. The molecule has 140 valence electrons. The zero-order valence-electron chi connectivity index (χ0n) is 14.8. The van der Waals surface area contributed by atoms with Gasteiger partial charge >= 0.3 is 0 Å². The molecule has 1 aromatic carbocycles. The van der Waals surface area contributed by atoms with E-state index in [1.807, 2.05) is 40.4 Å². The number of thiophene rings is 1. The van der Waals surface area contributed by atoms with Crippen molar-refractivity contribution in [1.29, 1.82) is 0 Å². The van der Waals surface area contributed by atoms with E-state index in [0.717, 1.165) is 40.3 Å². The Morgan fingerprint density at radius 3 is 3.00 bits per heavy atom. The molecule has 2 aromatic heterocycles. The summed E-state index contributed by atoms with van der Waals surface area (Å²) in [6.07, 6.45) is 2.25. The molecule has 0 saturated heterocycles. The second kappa shape index (κ2) is 5.93. The van der Waals surface area contributed by atoms with Crippen molar-refractivity contribution in [2.75, 3.05) is 12.1 Å². The van der Waals surface area contributed by atoms with Crippen LogP contribution >= 0.6 is 11.3 Å². The highest BCUT2D eigenvalue weighted by Gasteiger charge is 2.37. The highest BCUT2D eigenvalue weighted by molar-refractivity contribution is 7.13. The number of allylic oxidation sites excluding steroid dienone is 2. The van der Waals surface area contributed by atoms with Crippen molar-refractivity contribution in [2.24, 2.45) is 0 Å². The van der Waals surface area contributed by atoms with Crippen molar-refractivity contribution in [3.63, 3.8) is 0 Å². The van der Waals surface area contributed by atoms with Crippen LogP contribution in [0.5, 0.6) is 11.5 Å². The number of carbonyl (C=O) groups is 1. The zero-order chi connectivity index (χ0) is 18.7. The summed E-state index contributed by atoms with van der Waals surface area (Å²) >= 11 is 1.60. The first-order chi connectivity index (χ1) is 13.8. The number of nitrogens with zero attached hydrogens (tertiary/aromatic N) is 3. The summed E-state index contributed by atoms with van der Waals surface area (Å²) in [6, 6.07) is 9.47. The molecule has 4 heterocycles. The molecule has 0 amide bonds. The summed E-state index contributed by atoms with van der Waals surface area (Å²) in [5.74, 6) is 2.91. The van der Waals surface area contributed by atoms with Gasteiger partial charge in [-0.25, -0.2) is 4.68 Å². The minimum atomic E-state index is -0.324. The SMILES string of the molecule is O=C1CCCC2=C1C(c1ccc3c(c1)OCO3)n1nc(-c3cccs3)nc1N2. The minimum Gasteiger partial charge on any atom is -0.454 e. The Kier molecular flexibility index (Phi) is 3.37. The van der Waals surface area contributed by atoms with Gasteiger partial charge in [-0.2, -0.15) is 4.98 Å². The number of carbonyl (C=O) groups excluding carboxylic acids is 1. The van der Waals surface area contributed by atoms with Gasteiger partial charge in [0.1, 0.15) is 6.04 Å². The van der Waals surface area contributed by atoms with Gasteiger partial charge in [0.05, 0.1) is 4.88 Å². The molecule has 8 heteroatoms. The van der Waals surface area contributed by atoms with Crippen LogP contribution < -0.4 is 14.8 Å². The minimum absolute atomic E-state index is 0.162. The molecule has 3 aromatic rings. The second-order valence-corrected chi connectivity index (χ2v) is 7.94. The quantitative estimate of drug-likeness (QED) is 0.716. The number of aromatic nitrogens is 3. The first kappa shape index (κ1) is 15.9. The van der Waals surface area contributed by atoms with Crippen molar-refractivity contribution >= 4 is 23.1 Å². The molecule has 0 radical (unpaired) electrons. The number of nitrogens with one attached hydrogen (secondary N) is 1. The Morgan fingerprint density at radius 2 is 2.11 bits per heavy atom. The second-order valence-electron chi connectivity index (χ2n) is 6.99. The van der Waals surface area contributed by atoms with Gasteiger partial charge in [-0.1, -0.05) is 12.1 Å². The van der Waals surface area contributed by atoms with Crippen molar-refractivity contribution < 1.29 is 14.3 Å². The molecule has 1 unspecified atom stereocenters. The normalized spacial score (nSPS) is 20.0. The number of hydrogen-bond donors (Lipinski definition) is 1. The van der Waals surface area contributed by atoms with E-state index in [1.54, 1.807) is 11.3 Å². The molecule has 7 nitrogen and oxygen atoms in total. The van der Waals surface area contributed by atoms with E-state index in [-0.39, 0.29) is 18.6 Å².